The highest BCUT2D eigenvalue weighted by atomic mass is 19.1. The number of nitriles is 1. The van der Waals surface area contributed by atoms with Gasteiger partial charge in [0.15, 0.2) is 5.69 Å². The zero-order valence-electron chi connectivity index (χ0n) is 14.2. The lowest BCUT2D eigenvalue weighted by molar-refractivity contribution is 0.413. The Morgan fingerprint density at radius 1 is 1.28 bits per heavy atom. The number of ether oxygens (including phenoxy) is 1. The van der Waals surface area contributed by atoms with Gasteiger partial charge in [-0.15, -0.1) is 0 Å². The zero-order valence-corrected chi connectivity index (χ0v) is 14.2. The van der Waals surface area contributed by atoms with Gasteiger partial charge in [0.2, 0.25) is 0 Å². The van der Waals surface area contributed by atoms with Gasteiger partial charge in [-0.05, 0) is 26.0 Å². The number of aromatic nitrogens is 4. The average molecular weight is 340 g/mol. The predicted molar refractivity (Wildman–Crippen MR) is 91.0 cm³/mol. The molecule has 0 aliphatic heterocycles. The molecule has 3 aromatic rings. The lowest BCUT2D eigenvalue weighted by Crippen LogP contribution is -2.26. The van der Waals surface area contributed by atoms with Crippen molar-refractivity contribution in [2.45, 2.75) is 13.8 Å². The van der Waals surface area contributed by atoms with Crippen molar-refractivity contribution >= 4 is 11.6 Å². The lowest BCUT2D eigenvalue weighted by atomic mass is 10.0. The molecule has 0 unspecified atom stereocenters. The van der Waals surface area contributed by atoms with Crippen LogP contribution in [0.15, 0.2) is 24.5 Å². The summed E-state index contributed by atoms with van der Waals surface area (Å²) in [5.74, 6) is 0.682. The molecule has 128 valence electrons. The molecule has 0 N–H and O–H groups in total. The van der Waals surface area contributed by atoms with Crippen LogP contribution in [0.25, 0.3) is 16.9 Å². The number of nitrogens with zero attached hydrogens (tertiary/aromatic N) is 6. The van der Waals surface area contributed by atoms with E-state index in [0.29, 0.717) is 30.2 Å². The molecule has 0 saturated heterocycles. The van der Waals surface area contributed by atoms with Gasteiger partial charge in [-0.1, -0.05) is 6.07 Å². The maximum absolute atomic E-state index is 14.7. The summed E-state index contributed by atoms with van der Waals surface area (Å²) in [6.07, 6.45) is 1.36. The molecule has 0 fully saturated rings. The number of hydrogen-bond acceptors (Lipinski definition) is 6. The normalized spacial score (nSPS) is 10.7. The first-order chi connectivity index (χ1) is 12.2. The monoisotopic (exact) mass is 340 g/mol. The van der Waals surface area contributed by atoms with Gasteiger partial charge < -0.3 is 9.64 Å². The highest BCUT2D eigenvalue weighted by molar-refractivity contribution is 5.85. The van der Waals surface area contributed by atoms with Gasteiger partial charge in [0.25, 0.3) is 5.78 Å². The van der Waals surface area contributed by atoms with Crippen LogP contribution in [-0.2, 0) is 0 Å². The van der Waals surface area contributed by atoms with E-state index in [0.717, 1.165) is 0 Å². The van der Waals surface area contributed by atoms with Gasteiger partial charge in [0.05, 0.1) is 18.2 Å². The van der Waals surface area contributed by atoms with Gasteiger partial charge >= 0.3 is 0 Å². The minimum absolute atomic E-state index is 0.0748. The second kappa shape index (κ2) is 6.73. The fourth-order valence-corrected chi connectivity index (χ4v) is 2.87. The van der Waals surface area contributed by atoms with Crippen molar-refractivity contribution in [3.8, 4) is 22.9 Å². The Morgan fingerprint density at radius 3 is 2.68 bits per heavy atom. The van der Waals surface area contributed by atoms with Crippen LogP contribution in [0.2, 0.25) is 0 Å². The van der Waals surface area contributed by atoms with Crippen LogP contribution in [0.4, 0.5) is 10.2 Å². The van der Waals surface area contributed by atoms with Crippen molar-refractivity contribution in [3.05, 3.63) is 36.0 Å². The first kappa shape index (κ1) is 16.6. The first-order valence-electron chi connectivity index (χ1n) is 7.87. The summed E-state index contributed by atoms with van der Waals surface area (Å²) >= 11 is 0. The van der Waals surface area contributed by atoms with E-state index in [1.54, 1.807) is 12.1 Å². The van der Waals surface area contributed by atoms with Gasteiger partial charge in [0, 0.05) is 13.1 Å². The Balaban J connectivity index is 2.50. The van der Waals surface area contributed by atoms with Crippen LogP contribution in [-0.4, -0.2) is 39.8 Å². The molecule has 0 aliphatic carbocycles. The van der Waals surface area contributed by atoms with Crippen LogP contribution in [0.1, 0.15) is 19.5 Å². The van der Waals surface area contributed by atoms with Crippen LogP contribution in [0, 0.1) is 17.1 Å². The van der Waals surface area contributed by atoms with E-state index in [4.69, 9.17) is 4.74 Å². The van der Waals surface area contributed by atoms with Gasteiger partial charge in [-0.25, -0.2) is 4.39 Å². The highest BCUT2D eigenvalue weighted by Crippen LogP contribution is 2.40. The zero-order chi connectivity index (χ0) is 18.0. The fraction of sp³-hybridized carbons (Fsp3) is 0.294. The van der Waals surface area contributed by atoms with E-state index in [1.165, 1.54) is 24.0 Å². The van der Waals surface area contributed by atoms with Gasteiger partial charge in [-0.2, -0.15) is 24.8 Å². The third-order valence-corrected chi connectivity index (χ3v) is 4.02. The Morgan fingerprint density at radius 2 is 2.04 bits per heavy atom. The number of rotatable bonds is 5. The van der Waals surface area contributed by atoms with E-state index in [1.807, 2.05) is 18.7 Å². The van der Waals surface area contributed by atoms with Gasteiger partial charge in [0.1, 0.15) is 29.8 Å². The predicted octanol–water partition coefficient (Wildman–Crippen LogP) is 2.66. The van der Waals surface area contributed by atoms with Crippen molar-refractivity contribution < 1.29 is 9.13 Å². The van der Waals surface area contributed by atoms with Crippen LogP contribution < -0.4 is 9.64 Å². The van der Waals surface area contributed by atoms with Crippen molar-refractivity contribution in [2.24, 2.45) is 0 Å². The van der Waals surface area contributed by atoms with E-state index in [9.17, 15) is 9.65 Å². The maximum Gasteiger partial charge on any atom is 0.255 e. The standard InChI is InChI=1S/C17H17FN6O/c1-4-23(5-2)16-15(14-11(18)7-6-8-13(14)25-3)12(9-19)22-17-20-10-21-24(16)17/h6-8,10H,4-5H2,1-3H3. The second-order valence-electron chi connectivity index (χ2n) is 5.23. The number of anilines is 1. The highest BCUT2D eigenvalue weighted by Gasteiger charge is 2.26. The summed E-state index contributed by atoms with van der Waals surface area (Å²) < 4.78 is 21.6. The van der Waals surface area contributed by atoms with Crippen LogP contribution in [0.3, 0.4) is 0 Å². The molecule has 2 heterocycles. The van der Waals surface area contributed by atoms with E-state index in [2.05, 4.69) is 21.1 Å². The molecular weight excluding hydrogens is 323 g/mol. The smallest absolute Gasteiger partial charge is 0.255 e. The molecular formula is C17H17FN6O. The van der Waals surface area contributed by atoms with Crippen molar-refractivity contribution in [1.29, 1.82) is 5.26 Å². The average Bonchev–Trinajstić information content (AvgIpc) is 3.10. The lowest BCUT2D eigenvalue weighted by Gasteiger charge is -2.25. The summed E-state index contributed by atoms with van der Waals surface area (Å²) in [7, 11) is 1.46. The topological polar surface area (TPSA) is 79.3 Å². The van der Waals surface area contributed by atoms with Crippen molar-refractivity contribution in [2.75, 3.05) is 25.1 Å². The fourth-order valence-electron chi connectivity index (χ4n) is 2.87. The van der Waals surface area contributed by atoms with E-state index >= 15 is 0 Å². The largest absolute Gasteiger partial charge is 0.496 e. The first-order valence-corrected chi connectivity index (χ1v) is 7.87. The third kappa shape index (κ3) is 2.63. The minimum Gasteiger partial charge on any atom is -0.496 e. The number of fused-ring (bicyclic) bond motifs is 1. The molecule has 0 bridgehead atoms. The Labute approximate surface area is 144 Å². The molecule has 0 radical (unpaired) electrons. The van der Waals surface area contributed by atoms with Gasteiger partial charge in [-0.3, -0.25) is 0 Å². The van der Waals surface area contributed by atoms with E-state index < -0.39 is 5.82 Å². The summed E-state index contributed by atoms with van der Waals surface area (Å²) in [4.78, 5) is 10.3. The Bertz CT molecular complexity index is 958. The summed E-state index contributed by atoms with van der Waals surface area (Å²) in [5, 5.41) is 13.8. The molecule has 8 heteroatoms. The van der Waals surface area contributed by atoms with Crippen LogP contribution in [0.5, 0.6) is 5.75 Å². The van der Waals surface area contributed by atoms with Crippen LogP contribution >= 0.6 is 0 Å². The van der Waals surface area contributed by atoms with Crippen molar-refractivity contribution in [3.63, 3.8) is 0 Å². The number of benzene rings is 1. The maximum atomic E-state index is 14.7. The number of hydrogen-bond donors (Lipinski definition) is 0. The SMILES string of the molecule is CCN(CC)c1c(-c2c(F)cccc2OC)c(C#N)nc2ncnn12. The molecule has 2 aromatic heterocycles. The Kier molecular flexibility index (Phi) is 4.48. The summed E-state index contributed by atoms with van der Waals surface area (Å²) in [6.45, 7) is 5.23. The molecule has 25 heavy (non-hydrogen) atoms. The summed E-state index contributed by atoms with van der Waals surface area (Å²) in [6, 6.07) is 6.59. The molecule has 3 rings (SSSR count). The molecule has 0 amide bonds. The second-order valence-corrected chi connectivity index (χ2v) is 5.23. The third-order valence-electron chi connectivity index (χ3n) is 4.02. The molecule has 0 aliphatic rings. The molecule has 1 aromatic carbocycles. The molecule has 0 spiro atoms. The molecule has 0 atom stereocenters. The van der Waals surface area contributed by atoms with E-state index in [-0.39, 0.29) is 17.0 Å². The summed E-state index contributed by atoms with van der Waals surface area (Å²) in [5.41, 5.74) is 0.610. The Hall–Kier alpha value is -3.21. The van der Waals surface area contributed by atoms with Crippen molar-refractivity contribution in [1.82, 2.24) is 19.6 Å². The number of methoxy groups -OCH3 is 1. The number of halogens is 1. The molecule has 7 nitrogen and oxygen atoms in total. The molecule has 0 saturated carbocycles. The quantitative estimate of drug-likeness (QED) is 0.710. The minimum atomic E-state index is -0.495.